The molecule has 0 aromatic heterocycles. The Hall–Kier alpha value is -0.930. The van der Waals surface area contributed by atoms with Gasteiger partial charge in [-0.05, 0) is 70.4 Å². The van der Waals surface area contributed by atoms with Crippen molar-refractivity contribution in [3.05, 3.63) is 0 Å². The second-order valence-corrected chi connectivity index (χ2v) is 12.4. The summed E-state index contributed by atoms with van der Waals surface area (Å²) in [5, 5.41) is 19.6. The lowest BCUT2D eigenvalue weighted by atomic mass is 9.84. The molecule has 0 aromatic rings. The van der Waals surface area contributed by atoms with Crippen molar-refractivity contribution < 1.29 is 26.4 Å². The highest BCUT2D eigenvalue weighted by Gasteiger charge is 2.38. The number of amides is 1. The fourth-order valence-corrected chi connectivity index (χ4v) is 7.30. The molecule has 6 N–H and O–H groups in total. The number of hydrazine groups is 1. The van der Waals surface area contributed by atoms with E-state index in [0.29, 0.717) is 25.3 Å². The van der Waals surface area contributed by atoms with Crippen LogP contribution in [0.25, 0.3) is 0 Å². The van der Waals surface area contributed by atoms with Crippen molar-refractivity contribution in [2.45, 2.75) is 95.1 Å². The molecular formula is C25H47FN6O5S. The molecule has 2 saturated heterocycles. The van der Waals surface area contributed by atoms with E-state index in [1.807, 2.05) is 0 Å². The Labute approximate surface area is 226 Å². The third-order valence-electron chi connectivity index (χ3n) is 8.82. The summed E-state index contributed by atoms with van der Waals surface area (Å²) in [5.41, 5.74) is 6.97. The largest absolute Gasteiger partial charge is 0.437 e. The van der Waals surface area contributed by atoms with Gasteiger partial charge < -0.3 is 21.1 Å². The van der Waals surface area contributed by atoms with Gasteiger partial charge >= 0.3 is 10.5 Å². The lowest BCUT2D eigenvalue weighted by molar-refractivity contribution is -0.126. The average Bonchev–Trinajstić information content (AvgIpc) is 3.32. The molecule has 38 heavy (non-hydrogen) atoms. The first kappa shape index (κ1) is 30.0. The van der Waals surface area contributed by atoms with E-state index in [1.54, 1.807) is 0 Å². The zero-order valence-electron chi connectivity index (χ0n) is 22.4. The Balaban J connectivity index is 1.24. The van der Waals surface area contributed by atoms with E-state index in [-0.39, 0.29) is 42.7 Å². The Kier molecular flexibility index (Phi) is 11.6. The first-order chi connectivity index (χ1) is 18.3. The molecule has 4 fully saturated rings. The van der Waals surface area contributed by atoms with E-state index in [1.165, 1.54) is 0 Å². The van der Waals surface area contributed by atoms with Gasteiger partial charge in [0.15, 0.2) is 0 Å². The Morgan fingerprint density at radius 1 is 1.03 bits per heavy atom. The van der Waals surface area contributed by atoms with Gasteiger partial charge in [0.05, 0.1) is 18.4 Å². The Bertz CT molecular complexity index is 848. The minimum atomic E-state index is -5.01. The minimum Gasteiger partial charge on any atom is -0.396 e. The van der Waals surface area contributed by atoms with E-state index in [4.69, 9.17) is 0 Å². The molecule has 6 unspecified atom stereocenters. The van der Waals surface area contributed by atoms with Gasteiger partial charge in [0.2, 0.25) is 5.91 Å². The van der Waals surface area contributed by atoms with E-state index < -0.39 is 16.6 Å². The maximum atomic E-state index is 13.1. The third kappa shape index (κ3) is 8.79. The number of aliphatic hydroxyl groups excluding tert-OH is 1. The molecular weight excluding hydrogens is 515 g/mol. The molecule has 0 bridgehead atoms. The van der Waals surface area contributed by atoms with E-state index in [0.717, 1.165) is 84.0 Å². The second kappa shape index (κ2) is 14.6. The Morgan fingerprint density at radius 2 is 1.82 bits per heavy atom. The molecule has 13 heteroatoms. The molecule has 1 amide bonds. The average molecular weight is 563 g/mol. The molecule has 11 nitrogen and oxygen atoms in total. The molecule has 2 aliphatic heterocycles. The highest BCUT2D eigenvalue weighted by Crippen LogP contribution is 2.29. The first-order valence-corrected chi connectivity index (χ1v) is 15.9. The number of carbonyl (C=O) groups excluding carboxylic acids is 1. The number of halogens is 1. The first-order valence-electron chi connectivity index (χ1n) is 14.6. The van der Waals surface area contributed by atoms with Gasteiger partial charge in [0.25, 0.3) is 0 Å². The predicted octanol–water partition coefficient (Wildman–Crippen LogP) is 0.485. The summed E-state index contributed by atoms with van der Waals surface area (Å²) in [7, 11) is -5.01. The molecule has 4 aliphatic rings. The fraction of sp³-hybridized carbons (Fsp3) is 0.960. The standard InChI is InChI=1S/C25H47FN6O5S/c26-38(35,36)37-22-8-2-1-5-20(22)16-29-25(34)19-6-3-7-21(15-19)28-17-23-30-31-24(32(23)13-4-14-33)18-9-11-27-12-10-18/h18-24,27-28,30-31,33H,1-17H2,(H,29,34). The lowest BCUT2D eigenvalue weighted by Crippen LogP contribution is -2.51. The van der Waals surface area contributed by atoms with Crippen LogP contribution in [0.1, 0.15) is 70.6 Å². The number of aliphatic hydroxyl groups is 1. The van der Waals surface area contributed by atoms with Crippen molar-refractivity contribution in [2.24, 2.45) is 17.8 Å². The van der Waals surface area contributed by atoms with Crippen LogP contribution < -0.4 is 26.8 Å². The van der Waals surface area contributed by atoms with Crippen molar-refractivity contribution >= 4 is 16.4 Å². The maximum Gasteiger partial charge on any atom is 0.437 e. The van der Waals surface area contributed by atoms with Gasteiger partial charge in [-0.2, -0.15) is 8.42 Å². The van der Waals surface area contributed by atoms with Gasteiger partial charge in [0.1, 0.15) is 0 Å². The molecule has 2 heterocycles. The van der Waals surface area contributed by atoms with Crippen LogP contribution in [0.15, 0.2) is 0 Å². The maximum absolute atomic E-state index is 13.1. The summed E-state index contributed by atoms with van der Waals surface area (Å²) < 4.78 is 39.7. The number of hydrogen-bond donors (Lipinski definition) is 6. The second-order valence-electron chi connectivity index (χ2n) is 11.4. The van der Waals surface area contributed by atoms with Crippen LogP contribution in [0.4, 0.5) is 3.89 Å². The normalized spacial score (nSPS) is 33.8. The lowest BCUT2D eigenvalue weighted by Gasteiger charge is -2.36. The number of hydrogen-bond acceptors (Lipinski definition) is 10. The minimum absolute atomic E-state index is 0.0138. The fourth-order valence-electron chi connectivity index (χ4n) is 6.76. The van der Waals surface area contributed by atoms with E-state index in [2.05, 4.69) is 35.9 Å². The monoisotopic (exact) mass is 562 g/mol. The van der Waals surface area contributed by atoms with Crippen LogP contribution in [-0.2, 0) is 19.5 Å². The highest BCUT2D eigenvalue weighted by molar-refractivity contribution is 7.81. The van der Waals surface area contributed by atoms with E-state index in [9.17, 15) is 22.2 Å². The van der Waals surface area contributed by atoms with Gasteiger partial charge in [-0.15, -0.1) is 0 Å². The molecule has 2 saturated carbocycles. The number of nitrogens with zero attached hydrogens (tertiary/aromatic N) is 1. The number of rotatable bonds is 12. The van der Waals surface area contributed by atoms with E-state index >= 15 is 0 Å². The summed E-state index contributed by atoms with van der Waals surface area (Å²) >= 11 is 0. The highest BCUT2D eigenvalue weighted by atomic mass is 32.3. The quantitative estimate of drug-likeness (QED) is 0.186. The number of carbonyl (C=O) groups is 1. The van der Waals surface area contributed by atoms with Crippen molar-refractivity contribution in [1.82, 2.24) is 31.7 Å². The molecule has 0 aromatic carbocycles. The third-order valence-corrected chi connectivity index (χ3v) is 9.30. The van der Waals surface area contributed by atoms with Gasteiger partial charge in [-0.25, -0.2) is 15.0 Å². The van der Waals surface area contributed by atoms with Crippen LogP contribution in [0.5, 0.6) is 0 Å². The summed E-state index contributed by atoms with van der Waals surface area (Å²) in [4.78, 5) is 15.4. The SMILES string of the molecule is O=C(NCC1CCCCC1OS(=O)(=O)F)C1CCCC(NCC2NNC(C3CCNCC3)N2CCCO)C1. The van der Waals surface area contributed by atoms with Crippen LogP contribution in [0.3, 0.4) is 0 Å². The van der Waals surface area contributed by atoms with Crippen LogP contribution >= 0.6 is 0 Å². The zero-order valence-corrected chi connectivity index (χ0v) is 23.2. The summed E-state index contributed by atoms with van der Waals surface area (Å²) in [5.74, 6) is 0.251. The van der Waals surface area contributed by atoms with Crippen LogP contribution in [0.2, 0.25) is 0 Å². The summed E-state index contributed by atoms with van der Waals surface area (Å²) in [6, 6.07) is 0.237. The summed E-state index contributed by atoms with van der Waals surface area (Å²) in [6.07, 6.45) is 9.12. The Morgan fingerprint density at radius 3 is 2.58 bits per heavy atom. The predicted molar refractivity (Wildman–Crippen MR) is 141 cm³/mol. The molecule has 6 atom stereocenters. The number of nitrogens with one attached hydrogen (secondary N) is 5. The molecule has 2 aliphatic carbocycles. The summed E-state index contributed by atoms with van der Waals surface area (Å²) in [6.45, 7) is 4.12. The number of piperidine rings is 1. The van der Waals surface area contributed by atoms with Crippen molar-refractivity contribution in [1.29, 1.82) is 0 Å². The van der Waals surface area contributed by atoms with Crippen molar-refractivity contribution in [2.75, 3.05) is 39.3 Å². The molecule has 220 valence electrons. The van der Waals surface area contributed by atoms with Crippen molar-refractivity contribution in [3.8, 4) is 0 Å². The van der Waals surface area contributed by atoms with Gasteiger partial charge in [-0.1, -0.05) is 23.1 Å². The van der Waals surface area contributed by atoms with Crippen LogP contribution in [0, 0.1) is 17.8 Å². The molecule has 0 spiro atoms. The van der Waals surface area contributed by atoms with Gasteiger partial charge in [0, 0.05) is 44.1 Å². The molecule has 0 radical (unpaired) electrons. The smallest absolute Gasteiger partial charge is 0.396 e. The zero-order chi connectivity index (χ0) is 27.0. The molecule has 4 rings (SSSR count). The van der Waals surface area contributed by atoms with Crippen molar-refractivity contribution in [3.63, 3.8) is 0 Å². The van der Waals surface area contributed by atoms with Crippen LogP contribution in [-0.4, -0.2) is 88.1 Å². The van der Waals surface area contributed by atoms with Gasteiger partial charge in [-0.3, -0.25) is 9.69 Å². The topological polar surface area (TPSA) is 144 Å².